The highest BCUT2D eigenvalue weighted by Crippen LogP contribution is 2.57. The van der Waals surface area contributed by atoms with E-state index in [1.165, 1.54) is 16.7 Å². The van der Waals surface area contributed by atoms with Gasteiger partial charge in [0.15, 0.2) is 6.10 Å². The molecule has 110 valence electrons. The quantitative estimate of drug-likeness (QED) is 0.634. The molecule has 0 radical (unpaired) electrons. The minimum atomic E-state index is -0.154. The van der Waals surface area contributed by atoms with Crippen molar-refractivity contribution in [2.24, 2.45) is 5.73 Å². The number of anilines is 1. The Balaban J connectivity index is 2.04. The van der Waals surface area contributed by atoms with Crippen LogP contribution in [0.5, 0.6) is 5.75 Å². The van der Waals surface area contributed by atoms with Crippen molar-refractivity contribution in [3.63, 3.8) is 0 Å². The van der Waals surface area contributed by atoms with Crippen LogP contribution in [-0.2, 0) is 5.41 Å². The van der Waals surface area contributed by atoms with E-state index in [1.807, 2.05) is 12.1 Å². The molecule has 1 aromatic rings. The number of rotatable bonds is 0. The molecule has 0 saturated carbocycles. The first-order valence-corrected chi connectivity index (χ1v) is 7.53. The normalized spacial score (nSPS) is 33.2. The van der Waals surface area contributed by atoms with Crippen molar-refractivity contribution in [3.05, 3.63) is 46.7 Å². The third kappa shape index (κ3) is 1.43. The second-order valence-corrected chi connectivity index (χ2v) is 6.36. The average molecular weight is 283 g/mol. The van der Waals surface area contributed by atoms with E-state index < -0.39 is 0 Å². The van der Waals surface area contributed by atoms with Crippen molar-refractivity contribution in [2.75, 3.05) is 12.3 Å². The van der Waals surface area contributed by atoms with E-state index in [9.17, 15) is 0 Å². The number of allylic oxidation sites excluding steroid dienone is 2. The summed E-state index contributed by atoms with van der Waals surface area (Å²) in [4.78, 5) is 0. The molecule has 1 aromatic carbocycles. The van der Waals surface area contributed by atoms with Gasteiger partial charge in [-0.1, -0.05) is 12.1 Å². The van der Waals surface area contributed by atoms with Crippen molar-refractivity contribution in [1.82, 2.24) is 5.32 Å². The van der Waals surface area contributed by atoms with E-state index in [1.54, 1.807) is 0 Å². The van der Waals surface area contributed by atoms with Crippen molar-refractivity contribution >= 4 is 5.69 Å². The molecule has 4 nitrogen and oxygen atoms in total. The monoisotopic (exact) mass is 283 g/mol. The highest BCUT2D eigenvalue weighted by Gasteiger charge is 2.56. The molecule has 2 heterocycles. The maximum atomic E-state index is 6.28. The Morgan fingerprint density at radius 2 is 2.10 bits per heavy atom. The van der Waals surface area contributed by atoms with Crippen LogP contribution in [0.25, 0.3) is 0 Å². The Hall–Kier alpha value is -1.94. The van der Waals surface area contributed by atoms with Gasteiger partial charge in [0.25, 0.3) is 0 Å². The SMILES string of the molecule is Cc1ccc(N)c2c1C13CCNC(C)C1=CC=C(N)[C@@H]3O2. The number of hydrogen-bond donors (Lipinski definition) is 3. The summed E-state index contributed by atoms with van der Waals surface area (Å²) in [5.41, 5.74) is 17.6. The lowest BCUT2D eigenvalue weighted by Crippen LogP contribution is -2.55. The maximum Gasteiger partial charge on any atom is 0.151 e. The summed E-state index contributed by atoms with van der Waals surface area (Å²) < 4.78 is 6.26. The molecular formula is C17H21N3O. The Labute approximate surface area is 124 Å². The van der Waals surface area contributed by atoms with Gasteiger partial charge in [-0.3, -0.25) is 0 Å². The van der Waals surface area contributed by atoms with Crippen LogP contribution < -0.4 is 21.5 Å². The van der Waals surface area contributed by atoms with Crippen LogP contribution in [0.15, 0.2) is 35.6 Å². The van der Waals surface area contributed by atoms with Crippen LogP contribution in [0.2, 0.25) is 0 Å². The number of piperidine rings is 1. The summed E-state index contributed by atoms with van der Waals surface area (Å²) >= 11 is 0. The molecule has 1 aliphatic carbocycles. The molecule has 4 rings (SSSR count). The summed E-state index contributed by atoms with van der Waals surface area (Å²) in [6, 6.07) is 4.34. The molecule has 2 unspecified atom stereocenters. The fourth-order valence-corrected chi connectivity index (χ4v) is 4.33. The first-order valence-electron chi connectivity index (χ1n) is 7.53. The lowest BCUT2D eigenvalue weighted by Gasteiger charge is -2.45. The van der Waals surface area contributed by atoms with Gasteiger partial charge in [0.1, 0.15) is 5.75 Å². The number of ether oxygens (including phenoxy) is 1. The zero-order chi connectivity index (χ0) is 14.8. The minimum absolute atomic E-state index is 0.125. The maximum absolute atomic E-state index is 6.28. The summed E-state index contributed by atoms with van der Waals surface area (Å²) in [7, 11) is 0. The molecule has 1 spiro atoms. The summed E-state index contributed by atoms with van der Waals surface area (Å²) in [6.45, 7) is 5.30. The molecule has 0 bridgehead atoms. The second-order valence-electron chi connectivity index (χ2n) is 6.36. The van der Waals surface area contributed by atoms with Gasteiger partial charge in [0.05, 0.1) is 16.8 Å². The average Bonchev–Trinajstić information content (AvgIpc) is 2.80. The highest BCUT2D eigenvalue weighted by atomic mass is 16.5. The Morgan fingerprint density at radius 1 is 1.29 bits per heavy atom. The topological polar surface area (TPSA) is 73.3 Å². The van der Waals surface area contributed by atoms with Gasteiger partial charge in [-0.05, 0) is 50.1 Å². The summed E-state index contributed by atoms with van der Waals surface area (Å²) in [5.74, 6) is 0.832. The minimum Gasteiger partial charge on any atom is -0.480 e. The van der Waals surface area contributed by atoms with Gasteiger partial charge >= 0.3 is 0 Å². The van der Waals surface area contributed by atoms with Gasteiger partial charge in [-0.2, -0.15) is 0 Å². The molecule has 1 saturated heterocycles. The molecular weight excluding hydrogens is 262 g/mol. The van der Waals surface area contributed by atoms with Crippen LogP contribution in [0, 0.1) is 6.92 Å². The molecule has 3 aliphatic rings. The number of hydrogen-bond acceptors (Lipinski definition) is 4. The smallest absolute Gasteiger partial charge is 0.151 e. The molecule has 4 heteroatoms. The van der Waals surface area contributed by atoms with Crippen LogP contribution in [0.1, 0.15) is 24.5 Å². The van der Waals surface area contributed by atoms with Gasteiger partial charge in [0, 0.05) is 11.6 Å². The lowest BCUT2D eigenvalue weighted by atomic mass is 9.62. The third-order valence-electron chi connectivity index (χ3n) is 5.24. The molecule has 5 N–H and O–H groups in total. The highest BCUT2D eigenvalue weighted by molar-refractivity contribution is 5.69. The molecule has 0 amide bonds. The first kappa shape index (κ1) is 12.8. The fraction of sp³-hybridized carbons (Fsp3) is 0.412. The number of fused-ring (bicyclic) bond motifs is 1. The number of nitrogens with one attached hydrogen (secondary N) is 1. The molecule has 0 aromatic heterocycles. The van der Waals surface area contributed by atoms with Crippen LogP contribution >= 0.6 is 0 Å². The fourth-order valence-electron chi connectivity index (χ4n) is 4.33. The third-order valence-corrected chi connectivity index (χ3v) is 5.24. The summed E-state index contributed by atoms with van der Waals surface area (Å²) in [5, 5.41) is 3.54. The second kappa shape index (κ2) is 4.04. The lowest BCUT2D eigenvalue weighted by molar-refractivity contribution is 0.171. The van der Waals surface area contributed by atoms with Gasteiger partial charge in [0.2, 0.25) is 0 Å². The zero-order valence-corrected chi connectivity index (χ0v) is 12.4. The molecule has 21 heavy (non-hydrogen) atoms. The van der Waals surface area contributed by atoms with E-state index >= 15 is 0 Å². The standard InChI is InChI=1S/C17H21N3O/c1-9-3-5-12(18)15-14(9)17-7-8-20-10(2)11(17)4-6-13(19)16(17)21-15/h3-6,10,16,20H,7-8,18-19H2,1-2H3/t10?,16-,17?/m0/s1. The Morgan fingerprint density at radius 3 is 2.90 bits per heavy atom. The Bertz CT molecular complexity index is 692. The predicted molar refractivity (Wildman–Crippen MR) is 84.1 cm³/mol. The Kier molecular flexibility index (Phi) is 2.46. The van der Waals surface area contributed by atoms with Gasteiger partial charge in [-0.15, -0.1) is 0 Å². The zero-order valence-electron chi connectivity index (χ0n) is 12.4. The summed E-state index contributed by atoms with van der Waals surface area (Å²) in [6.07, 6.45) is 5.02. The number of nitrogen functional groups attached to an aromatic ring is 1. The van der Waals surface area contributed by atoms with Crippen molar-refractivity contribution in [2.45, 2.75) is 37.8 Å². The van der Waals surface area contributed by atoms with E-state index in [0.29, 0.717) is 11.7 Å². The van der Waals surface area contributed by atoms with Crippen molar-refractivity contribution < 1.29 is 4.74 Å². The van der Waals surface area contributed by atoms with E-state index in [4.69, 9.17) is 16.2 Å². The predicted octanol–water partition coefficient (Wildman–Crippen LogP) is 1.74. The molecule has 2 aliphatic heterocycles. The number of aryl methyl sites for hydroxylation is 1. The largest absolute Gasteiger partial charge is 0.480 e. The number of benzene rings is 1. The van der Waals surface area contributed by atoms with Crippen molar-refractivity contribution in [1.29, 1.82) is 0 Å². The van der Waals surface area contributed by atoms with Crippen LogP contribution in [0.3, 0.4) is 0 Å². The first-order chi connectivity index (χ1) is 10.1. The van der Waals surface area contributed by atoms with E-state index in [-0.39, 0.29) is 11.5 Å². The van der Waals surface area contributed by atoms with E-state index in [0.717, 1.165) is 24.4 Å². The number of nitrogens with two attached hydrogens (primary N) is 2. The van der Waals surface area contributed by atoms with Crippen LogP contribution in [-0.4, -0.2) is 18.7 Å². The van der Waals surface area contributed by atoms with Gasteiger partial charge < -0.3 is 21.5 Å². The van der Waals surface area contributed by atoms with Crippen molar-refractivity contribution in [3.8, 4) is 5.75 Å². The molecule has 3 atom stereocenters. The van der Waals surface area contributed by atoms with Gasteiger partial charge in [-0.25, -0.2) is 0 Å². The molecule has 1 fully saturated rings. The van der Waals surface area contributed by atoms with E-state index in [2.05, 4.69) is 31.3 Å². The van der Waals surface area contributed by atoms with Crippen LogP contribution in [0.4, 0.5) is 5.69 Å².